The zero-order valence-corrected chi connectivity index (χ0v) is 12.0. The van der Waals surface area contributed by atoms with E-state index in [1.165, 1.54) is 0 Å². The van der Waals surface area contributed by atoms with Gasteiger partial charge < -0.3 is 20.1 Å². The molecule has 0 aliphatic carbocycles. The molecule has 6 nitrogen and oxygen atoms in total. The molecule has 2 fully saturated rings. The second kappa shape index (κ2) is 6.00. The summed E-state index contributed by atoms with van der Waals surface area (Å²) in [6, 6.07) is -0.606. The molecular weight excluding hydrogens is 268 g/mol. The summed E-state index contributed by atoms with van der Waals surface area (Å²) < 4.78 is 5.14. The fraction of sp³-hybridized carbons (Fsp3) is 0.833. The minimum atomic E-state index is -0.918. The molecule has 4 unspecified atom stereocenters. The van der Waals surface area contributed by atoms with Gasteiger partial charge in [-0.1, -0.05) is 13.8 Å². The predicted molar refractivity (Wildman–Crippen MR) is 72.4 cm³/mol. The van der Waals surface area contributed by atoms with Crippen LogP contribution in [0.4, 0.5) is 4.79 Å². The van der Waals surface area contributed by atoms with Crippen LogP contribution < -0.4 is 5.32 Å². The molecule has 2 aliphatic rings. The average molecular weight is 288 g/mol. The maximum atomic E-state index is 12.2. The van der Waals surface area contributed by atoms with Crippen LogP contribution in [0.2, 0.25) is 0 Å². The van der Waals surface area contributed by atoms with Crippen LogP contribution in [-0.4, -0.2) is 64.9 Å². The molecule has 108 valence electrons. The maximum Gasteiger partial charge on any atom is 0.317 e. The molecule has 2 N–H and O–H groups in total. The van der Waals surface area contributed by atoms with Gasteiger partial charge in [-0.05, 0) is 0 Å². The molecule has 19 heavy (non-hydrogen) atoms. The number of amides is 2. The van der Waals surface area contributed by atoms with Crippen LogP contribution in [0, 0.1) is 5.92 Å². The Morgan fingerprint density at radius 2 is 1.89 bits per heavy atom. The van der Waals surface area contributed by atoms with Crippen molar-refractivity contribution >= 4 is 23.8 Å². The van der Waals surface area contributed by atoms with E-state index in [-0.39, 0.29) is 19.2 Å². The summed E-state index contributed by atoms with van der Waals surface area (Å²) in [6.45, 7) is 6.04. The maximum absolute atomic E-state index is 12.2. The van der Waals surface area contributed by atoms with Crippen molar-refractivity contribution in [3.63, 3.8) is 0 Å². The molecule has 2 rings (SSSR count). The zero-order valence-electron chi connectivity index (χ0n) is 11.2. The molecule has 2 heterocycles. The van der Waals surface area contributed by atoms with Gasteiger partial charge in [0.2, 0.25) is 0 Å². The predicted octanol–water partition coefficient (Wildman–Crippen LogP) is 0.621. The molecule has 0 bridgehead atoms. The third-order valence-electron chi connectivity index (χ3n) is 3.41. The van der Waals surface area contributed by atoms with Gasteiger partial charge in [0.1, 0.15) is 5.92 Å². The Morgan fingerprint density at radius 3 is 2.47 bits per heavy atom. The summed E-state index contributed by atoms with van der Waals surface area (Å²) >= 11 is 1.87. The quantitative estimate of drug-likeness (QED) is 0.779. The molecule has 7 heteroatoms. The summed E-state index contributed by atoms with van der Waals surface area (Å²) in [6.07, 6.45) is 0. The van der Waals surface area contributed by atoms with Gasteiger partial charge in [-0.3, -0.25) is 4.79 Å². The fourth-order valence-electron chi connectivity index (χ4n) is 2.53. The van der Waals surface area contributed by atoms with Crippen LogP contribution in [0.1, 0.15) is 13.8 Å². The normalized spacial score (nSPS) is 35.2. The topological polar surface area (TPSA) is 78.9 Å². The molecule has 2 saturated heterocycles. The average Bonchev–Trinajstić information content (AvgIpc) is 2.75. The number of thioether (sulfide) groups is 1. The molecule has 2 amide bonds. The van der Waals surface area contributed by atoms with Crippen LogP contribution in [0.5, 0.6) is 0 Å². The lowest BCUT2D eigenvalue weighted by Gasteiger charge is -2.35. The van der Waals surface area contributed by atoms with E-state index in [2.05, 4.69) is 19.2 Å². The Bertz CT molecular complexity index is 356. The highest BCUT2D eigenvalue weighted by Crippen LogP contribution is 2.25. The lowest BCUT2D eigenvalue weighted by molar-refractivity contribution is -0.142. The second-order valence-corrected chi connectivity index (χ2v) is 7.08. The number of rotatable bonds is 2. The van der Waals surface area contributed by atoms with E-state index in [0.29, 0.717) is 23.6 Å². The first-order valence-corrected chi connectivity index (χ1v) is 7.43. The molecule has 0 spiro atoms. The molecular formula is C12H20N2O4S. The largest absolute Gasteiger partial charge is 0.481 e. The van der Waals surface area contributed by atoms with Gasteiger partial charge in [0, 0.05) is 23.6 Å². The number of nitrogens with zero attached hydrogens (tertiary/aromatic N) is 1. The summed E-state index contributed by atoms with van der Waals surface area (Å²) in [5, 5.41) is 12.6. The molecule has 2 aliphatic heterocycles. The smallest absolute Gasteiger partial charge is 0.317 e. The SMILES string of the molecule is CC1CN(C(=O)NC2COCC2C(=O)O)CC(C)S1. The third-order valence-corrected chi connectivity index (χ3v) is 4.64. The van der Waals surface area contributed by atoms with Crippen molar-refractivity contribution in [1.82, 2.24) is 10.2 Å². The Morgan fingerprint density at radius 1 is 1.26 bits per heavy atom. The van der Waals surface area contributed by atoms with Gasteiger partial charge in [0.05, 0.1) is 19.3 Å². The highest BCUT2D eigenvalue weighted by atomic mass is 32.2. The number of hydrogen-bond donors (Lipinski definition) is 2. The van der Waals surface area contributed by atoms with Gasteiger partial charge in [0.15, 0.2) is 0 Å². The second-order valence-electron chi connectivity index (χ2n) is 5.20. The molecule has 0 aromatic carbocycles. The van der Waals surface area contributed by atoms with Gasteiger partial charge in [-0.25, -0.2) is 4.79 Å². The Balaban J connectivity index is 1.91. The van der Waals surface area contributed by atoms with E-state index in [4.69, 9.17) is 9.84 Å². The van der Waals surface area contributed by atoms with Gasteiger partial charge >= 0.3 is 12.0 Å². The minimum Gasteiger partial charge on any atom is -0.481 e. The van der Waals surface area contributed by atoms with Crippen LogP contribution in [0.25, 0.3) is 0 Å². The van der Waals surface area contributed by atoms with Crippen molar-refractivity contribution in [3.05, 3.63) is 0 Å². The molecule has 0 aromatic rings. The number of carbonyl (C=O) groups excluding carboxylic acids is 1. The van der Waals surface area contributed by atoms with Gasteiger partial charge in [-0.2, -0.15) is 11.8 Å². The number of carbonyl (C=O) groups is 2. The summed E-state index contributed by atoms with van der Waals surface area (Å²) in [4.78, 5) is 25.0. The van der Waals surface area contributed by atoms with E-state index < -0.39 is 17.9 Å². The summed E-state index contributed by atoms with van der Waals surface area (Å²) in [5.41, 5.74) is 0. The first-order chi connectivity index (χ1) is 8.97. The fourth-order valence-corrected chi connectivity index (χ4v) is 3.86. The number of nitrogens with one attached hydrogen (secondary N) is 1. The zero-order chi connectivity index (χ0) is 14.0. The van der Waals surface area contributed by atoms with Gasteiger partial charge in [0.25, 0.3) is 0 Å². The summed E-state index contributed by atoms with van der Waals surface area (Å²) in [7, 11) is 0. The number of carboxylic acids is 1. The minimum absolute atomic E-state index is 0.170. The standard InChI is InChI=1S/C12H20N2O4S/c1-7-3-14(4-8(2)19-7)12(17)13-10-6-18-5-9(10)11(15)16/h7-10H,3-6H2,1-2H3,(H,13,17)(H,15,16). The Hall–Kier alpha value is -0.950. The lowest BCUT2D eigenvalue weighted by atomic mass is 10.0. The molecule has 4 atom stereocenters. The number of ether oxygens (including phenoxy) is 1. The van der Waals surface area contributed by atoms with E-state index >= 15 is 0 Å². The number of urea groups is 1. The summed E-state index contributed by atoms with van der Waals surface area (Å²) in [5.74, 6) is -1.56. The van der Waals surface area contributed by atoms with Crippen LogP contribution in [0.3, 0.4) is 0 Å². The van der Waals surface area contributed by atoms with Crippen molar-refractivity contribution in [2.75, 3.05) is 26.3 Å². The number of hydrogen-bond acceptors (Lipinski definition) is 4. The van der Waals surface area contributed by atoms with Crippen molar-refractivity contribution in [3.8, 4) is 0 Å². The monoisotopic (exact) mass is 288 g/mol. The first-order valence-electron chi connectivity index (χ1n) is 6.49. The van der Waals surface area contributed by atoms with Crippen LogP contribution in [-0.2, 0) is 9.53 Å². The number of aliphatic carboxylic acids is 1. The Kier molecular flexibility index (Phi) is 4.57. The van der Waals surface area contributed by atoms with Crippen molar-refractivity contribution in [1.29, 1.82) is 0 Å². The Labute approximate surface area is 116 Å². The van der Waals surface area contributed by atoms with Crippen molar-refractivity contribution in [2.45, 2.75) is 30.4 Å². The third kappa shape index (κ3) is 3.54. The van der Waals surface area contributed by atoms with Crippen molar-refractivity contribution in [2.24, 2.45) is 5.92 Å². The van der Waals surface area contributed by atoms with E-state index in [1.54, 1.807) is 4.90 Å². The van der Waals surface area contributed by atoms with E-state index in [1.807, 2.05) is 11.8 Å². The van der Waals surface area contributed by atoms with E-state index in [9.17, 15) is 9.59 Å². The van der Waals surface area contributed by atoms with Crippen LogP contribution >= 0.6 is 11.8 Å². The molecule has 0 saturated carbocycles. The van der Waals surface area contributed by atoms with E-state index in [0.717, 1.165) is 0 Å². The molecule has 0 aromatic heterocycles. The lowest BCUT2D eigenvalue weighted by Crippen LogP contribution is -2.53. The molecule has 0 radical (unpaired) electrons. The first kappa shape index (κ1) is 14.5. The van der Waals surface area contributed by atoms with Gasteiger partial charge in [-0.15, -0.1) is 0 Å². The van der Waals surface area contributed by atoms with Crippen LogP contribution in [0.15, 0.2) is 0 Å². The highest BCUT2D eigenvalue weighted by Gasteiger charge is 2.36. The highest BCUT2D eigenvalue weighted by molar-refractivity contribution is 8.00. The number of carboxylic acid groups (broad SMARTS) is 1. The van der Waals surface area contributed by atoms with Crippen molar-refractivity contribution < 1.29 is 19.4 Å².